The van der Waals surface area contributed by atoms with E-state index in [9.17, 15) is 19.1 Å². The third kappa shape index (κ3) is 3.45. The molecule has 30 heavy (non-hydrogen) atoms. The van der Waals surface area contributed by atoms with Crippen molar-refractivity contribution in [2.45, 2.75) is 19.4 Å². The summed E-state index contributed by atoms with van der Waals surface area (Å²) in [6, 6.07) is 7.48. The van der Waals surface area contributed by atoms with Gasteiger partial charge < -0.3 is 19.3 Å². The molecule has 1 unspecified atom stereocenters. The number of carbonyl (C=O) groups is 2. The Bertz CT molecular complexity index is 990. The number of benzene rings is 2. The van der Waals surface area contributed by atoms with Gasteiger partial charge in [0, 0.05) is 12.1 Å². The van der Waals surface area contributed by atoms with Gasteiger partial charge in [-0.3, -0.25) is 14.5 Å². The first-order chi connectivity index (χ1) is 14.4. The van der Waals surface area contributed by atoms with Gasteiger partial charge in [0.1, 0.15) is 5.82 Å². The van der Waals surface area contributed by atoms with Crippen LogP contribution in [0.2, 0.25) is 0 Å². The molecule has 3 rings (SSSR count). The van der Waals surface area contributed by atoms with Gasteiger partial charge in [-0.25, -0.2) is 4.39 Å². The van der Waals surface area contributed by atoms with E-state index in [4.69, 9.17) is 14.2 Å². The number of hydrogen-bond donors (Lipinski definition) is 1. The summed E-state index contributed by atoms with van der Waals surface area (Å²) < 4.78 is 29.6. The van der Waals surface area contributed by atoms with Crippen LogP contribution in [-0.4, -0.2) is 38.1 Å². The summed E-state index contributed by atoms with van der Waals surface area (Å²) in [7, 11) is 4.36. The number of halogens is 1. The van der Waals surface area contributed by atoms with Crippen LogP contribution in [0.15, 0.2) is 47.7 Å². The van der Waals surface area contributed by atoms with E-state index in [0.29, 0.717) is 28.5 Å². The van der Waals surface area contributed by atoms with Crippen molar-refractivity contribution in [3.05, 3.63) is 59.1 Å². The summed E-state index contributed by atoms with van der Waals surface area (Å²) in [6.07, 6.45) is 0.0882. The van der Waals surface area contributed by atoms with Crippen molar-refractivity contribution in [1.82, 2.24) is 0 Å². The van der Waals surface area contributed by atoms with Gasteiger partial charge in [-0.1, -0.05) is 6.92 Å². The van der Waals surface area contributed by atoms with Gasteiger partial charge in [0.2, 0.25) is 5.75 Å². The second kappa shape index (κ2) is 8.44. The number of ether oxygens (including phenoxy) is 3. The van der Waals surface area contributed by atoms with Gasteiger partial charge in [0.25, 0.3) is 5.91 Å². The lowest BCUT2D eigenvalue weighted by molar-refractivity contribution is -0.118. The third-order valence-corrected chi connectivity index (χ3v) is 4.94. The quantitative estimate of drug-likeness (QED) is 0.742. The van der Waals surface area contributed by atoms with Crippen LogP contribution in [0.5, 0.6) is 17.2 Å². The number of aliphatic hydroxyl groups excluding tert-OH is 1. The third-order valence-electron chi connectivity index (χ3n) is 4.94. The van der Waals surface area contributed by atoms with E-state index >= 15 is 0 Å². The normalized spacial score (nSPS) is 16.1. The zero-order chi connectivity index (χ0) is 22.0. The lowest BCUT2D eigenvalue weighted by Crippen LogP contribution is -2.31. The molecule has 0 fully saturated rings. The minimum absolute atomic E-state index is 0.0407. The number of Topliss-reactive ketones (excluding diaryl/α,β-unsaturated/α-hetero) is 1. The molecule has 158 valence electrons. The number of carbonyl (C=O) groups excluding carboxylic acids is 2. The lowest BCUT2D eigenvalue weighted by atomic mass is 9.94. The number of rotatable bonds is 7. The molecule has 1 aliphatic heterocycles. The smallest absolute Gasteiger partial charge is 0.294 e. The highest BCUT2D eigenvalue weighted by molar-refractivity contribution is 6.16. The fourth-order valence-corrected chi connectivity index (χ4v) is 3.52. The minimum atomic E-state index is -0.955. The Hall–Kier alpha value is -3.55. The number of aliphatic hydroxyl groups is 1. The van der Waals surface area contributed by atoms with Crippen molar-refractivity contribution in [2.24, 2.45) is 0 Å². The molecule has 2 aromatic carbocycles. The molecule has 0 saturated heterocycles. The van der Waals surface area contributed by atoms with Crippen LogP contribution in [0, 0.1) is 5.82 Å². The van der Waals surface area contributed by atoms with Crippen LogP contribution in [-0.2, 0) is 9.59 Å². The van der Waals surface area contributed by atoms with Gasteiger partial charge >= 0.3 is 0 Å². The molecule has 0 spiro atoms. The summed E-state index contributed by atoms with van der Waals surface area (Å²) >= 11 is 0. The van der Waals surface area contributed by atoms with Crippen molar-refractivity contribution in [3.63, 3.8) is 0 Å². The highest BCUT2D eigenvalue weighted by Crippen LogP contribution is 2.46. The van der Waals surface area contributed by atoms with Gasteiger partial charge in [0.05, 0.1) is 32.9 Å². The Kier molecular flexibility index (Phi) is 5.96. The fraction of sp³-hybridized carbons (Fsp3) is 0.273. The first-order valence-electron chi connectivity index (χ1n) is 9.23. The SMILES string of the molecule is CCC(=O)C1=C(O)C(=O)N(c2ccc(F)cc2)C1c1cc(OC)c(OC)c(OC)c1. The highest BCUT2D eigenvalue weighted by atomic mass is 19.1. The Morgan fingerprint density at radius 3 is 2.10 bits per heavy atom. The van der Waals surface area contributed by atoms with E-state index in [0.717, 1.165) is 0 Å². The maximum Gasteiger partial charge on any atom is 0.294 e. The predicted octanol–water partition coefficient (Wildman–Crippen LogP) is 3.73. The van der Waals surface area contributed by atoms with Crippen molar-refractivity contribution in [2.75, 3.05) is 26.2 Å². The molecule has 1 N–H and O–H groups in total. The fourth-order valence-electron chi connectivity index (χ4n) is 3.52. The van der Waals surface area contributed by atoms with Gasteiger partial charge in [-0.2, -0.15) is 0 Å². The average molecular weight is 415 g/mol. The van der Waals surface area contributed by atoms with Crippen molar-refractivity contribution in [1.29, 1.82) is 0 Å². The highest BCUT2D eigenvalue weighted by Gasteiger charge is 2.44. The number of ketones is 1. The zero-order valence-electron chi connectivity index (χ0n) is 17.1. The molecule has 0 aromatic heterocycles. The van der Waals surface area contributed by atoms with Crippen molar-refractivity contribution >= 4 is 17.4 Å². The summed E-state index contributed by atoms with van der Waals surface area (Å²) in [5, 5.41) is 10.5. The van der Waals surface area contributed by atoms with Crippen molar-refractivity contribution < 1.29 is 33.3 Å². The molecule has 0 saturated carbocycles. The molecule has 7 nitrogen and oxygen atoms in total. The maximum atomic E-state index is 13.4. The van der Waals surface area contributed by atoms with Crippen LogP contribution in [0.25, 0.3) is 0 Å². The molecule has 0 bridgehead atoms. The Labute approximate surface area is 173 Å². The number of anilines is 1. The van der Waals surface area contributed by atoms with E-state index in [1.807, 2.05) is 0 Å². The summed E-state index contributed by atoms with van der Waals surface area (Å²) in [6.45, 7) is 1.64. The van der Waals surface area contributed by atoms with Crippen LogP contribution >= 0.6 is 0 Å². The van der Waals surface area contributed by atoms with E-state index in [1.54, 1.807) is 19.1 Å². The van der Waals surface area contributed by atoms with Gasteiger partial charge in [-0.15, -0.1) is 0 Å². The molecule has 1 aliphatic rings. The summed E-state index contributed by atoms with van der Waals surface area (Å²) in [5.74, 6) is -1.25. The Morgan fingerprint density at radius 2 is 1.63 bits per heavy atom. The van der Waals surface area contributed by atoms with E-state index in [2.05, 4.69) is 0 Å². The minimum Gasteiger partial charge on any atom is -0.503 e. The van der Waals surface area contributed by atoms with Gasteiger partial charge in [-0.05, 0) is 42.0 Å². The second-order valence-corrected chi connectivity index (χ2v) is 6.55. The number of hydrogen-bond acceptors (Lipinski definition) is 6. The van der Waals surface area contributed by atoms with Crippen LogP contribution in [0.3, 0.4) is 0 Å². The predicted molar refractivity (Wildman–Crippen MR) is 108 cm³/mol. The van der Waals surface area contributed by atoms with Crippen LogP contribution in [0.4, 0.5) is 10.1 Å². The Morgan fingerprint density at radius 1 is 1.07 bits per heavy atom. The molecule has 1 atom stereocenters. The van der Waals surface area contributed by atoms with E-state index in [-0.39, 0.29) is 17.8 Å². The summed E-state index contributed by atoms with van der Waals surface area (Å²) in [4.78, 5) is 26.8. The molecule has 0 radical (unpaired) electrons. The molecule has 2 aromatic rings. The Balaban J connectivity index is 2.26. The largest absolute Gasteiger partial charge is 0.503 e. The molecule has 1 amide bonds. The summed E-state index contributed by atoms with van der Waals surface area (Å²) in [5.41, 5.74) is 0.745. The van der Waals surface area contributed by atoms with E-state index < -0.39 is 23.5 Å². The van der Waals surface area contributed by atoms with Crippen molar-refractivity contribution in [3.8, 4) is 17.2 Å². The number of amides is 1. The van der Waals surface area contributed by atoms with Gasteiger partial charge in [0.15, 0.2) is 23.0 Å². The lowest BCUT2D eigenvalue weighted by Gasteiger charge is -2.28. The molecule has 1 heterocycles. The topological polar surface area (TPSA) is 85.3 Å². The zero-order valence-corrected chi connectivity index (χ0v) is 17.1. The average Bonchev–Trinajstić information content (AvgIpc) is 3.03. The molecule has 8 heteroatoms. The molecular weight excluding hydrogens is 393 g/mol. The van der Waals surface area contributed by atoms with Crippen LogP contribution in [0.1, 0.15) is 24.9 Å². The van der Waals surface area contributed by atoms with E-state index in [1.165, 1.54) is 50.5 Å². The molecule has 0 aliphatic carbocycles. The first kappa shape index (κ1) is 21.2. The monoisotopic (exact) mass is 415 g/mol. The first-order valence-corrected chi connectivity index (χ1v) is 9.23. The van der Waals surface area contributed by atoms with Crippen LogP contribution < -0.4 is 19.1 Å². The standard InChI is InChI=1S/C22H22FNO6/c1-5-15(25)18-19(12-10-16(28-2)21(30-4)17(11-12)29-3)24(22(27)20(18)26)14-8-6-13(23)7-9-14/h6-11,19,26H,5H2,1-4H3. The second-order valence-electron chi connectivity index (χ2n) is 6.55. The molecular formula is C22H22FNO6. The number of methoxy groups -OCH3 is 3. The number of nitrogens with zero attached hydrogens (tertiary/aromatic N) is 1. The maximum absolute atomic E-state index is 13.4.